The summed E-state index contributed by atoms with van der Waals surface area (Å²) in [5.74, 6) is 0.672. The third kappa shape index (κ3) is 8.97. The number of nitrogens with one attached hydrogen (secondary N) is 1. The predicted octanol–water partition coefficient (Wildman–Crippen LogP) is 1.25. The van der Waals surface area contributed by atoms with Crippen LogP contribution in [0.15, 0.2) is 29.4 Å². The van der Waals surface area contributed by atoms with Crippen LogP contribution >= 0.6 is 24.0 Å². The second-order valence-corrected chi connectivity index (χ2v) is 7.18. The number of primary amides is 1. The first kappa shape index (κ1) is 25.1. The number of halogens is 1. The van der Waals surface area contributed by atoms with E-state index in [-0.39, 0.29) is 48.3 Å². The molecule has 0 spiro atoms. The van der Waals surface area contributed by atoms with E-state index in [0.29, 0.717) is 19.4 Å². The lowest BCUT2D eigenvalue weighted by atomic mass is 9.95. The number of pyridine rings is 1. The number of likely N-dealkylation sites (tertiary alicyclic amines) is 1. The van der Waals surface area contributed by atoms with Gasteiger partial charge in [-0.1, -0.05) is 6.07 Å². The number of piperidine rings is 1. The number of hydrogen-bond donors (Lipinski definition) is 2. The summed E-state index contributed by atoms with van der Waals surface area (Å²) >= 11 is 0. The summed E-state index contributed by atoms with van der Waals surface area (Å²) < 4.78 is 0. The molecule has 3 N–H and O–H groups in total. The molecule has 2 rings (SSSR count). The van der Waals surface area contributed by atoms with E-state index in [2.05, 4.69) is 20.2 Å². The molecule has 2 amide bonds. The van der Waals surface area contributed by atoms with Crippen molar-refractivity contribution in [1.82, 2.24) is 20.1 Å². The fraction of sp³-hybridized carbons (Fsp3) is 0.600. The van der Waals surface area contributed by atoms with Crippen LogP contribution in [0.5, 0.6) is 0 Å². The molecular formula is C20H33IN6O2. The quantitative estimate of drug-likeness (QED) is 0.308. The zero-order valence-corrected chi connectivity index (χ0v) is 19.7. The van der Waals surface area contributed by atoms with Crippen LogP contribution in [0.1, 0.15) is 31.9 Å². The smallest absolute Gasteiger partial charge is 0.244 e. The van der Waals surface area contributed by atoms with Crippen LogP contribution in [0.3, 0.4) is 0 Å². The number of amides is 2. The monoisotopic (exact) mass is 516 g/mol. The molecule has 8 nitrogen and oxygen atoms in total. The minimum absolute atomic E-state index is 0. The number of rotatable bonds is 8. The Bertz CT molecular complexity index is 670. The van der Waals surface area contributed by atoms with Crippen LogP contribution in [0.4, 0.5) is 0 Å². The van der Waals surface area contributed by atoms with E-state index in [9.17, 15) is 9.59 Å². The van der Waals surface area contributed by atoms with Crippen molar-refractivity contribution in [3.63, 3.8) is 0 Å². The van der Waals surface area contributed by atoms with Gasteiger partial charge in [0.1, 0.15) is 6.54 Å². The van der Waals surface area contributed by atoms with Gasteiger partial charge >= 0.3 is 0 Å². The summed E-state index contributed by atoms with van der Waals surface area (Å²) in [4.78, 5) is 36.3. The predicted molar refractivity (Wildman–Crippen MR) is 125 cm³/mol. The van der Waals surface area contributed by atoms with E-state index in [0.717, 1.165) is 44.1 Å². The Morgan fingerprint density at radius 3 is 2.86 bits per heavy atom. The van der Waals surface area contributed by atoms with E-state index in [1.54, 1.807) is 18.1 Å². The van der Waals surface area contributed by atoms with Gasteiger partial charge in [0.15, 0.2) is 5.96 Å². The van der Waals surface area contributed by atoms with Gasteiger partial charge in [-0.25, -0.2) is 4.99 Å². The van der Waals surface area contributed by atoms with Crippen LogP contribution < -0.4 is 11.1 Å². The van der Waals surface area contributed by atoms with Crippen LogP contribution in [-0.2, 0) is 16.0 Å². The van der Waals surface area contributed by atoms with E-state index in [4.69, 9.17) is 5.73 Å². The van der Waals surface area contributed by atoms with Gasteiger partial charge < -0.3 is 20.9 Å². The maximum absolute atomic E-state index is 12.5. The Morgan fingerprint density at radius 1 is 1.41 bits per heavy atom. The highest BCUT2D eigenvalue weighted by atomic mass is 127. The zero-order valence-electron chi connectivity index (χ0n) is 17.3. The topological polar surface area (TPSA) is 104 Å². The molecule has 1 atom stereocenters. The summed E-state index contributed by atoms with van der Waals surface area (Å²) in [5.41, 5.74) is 6.31. The average Bonchev–Trinajstić information content (AvgIpc) is 2.69. The van der Waals surface area contributed by atoms with E-state index in [1.165, 1.54) is 0 Å². The van der Waals surface area contributed by atoms with E-state index < -0.39 is 0 Å². The SMILES string of the molecule is CCNC(=NCC(=O)N(C)CCc1ccccn1)N1CCCC(CC(N)=O)C1.I. The van der Waals surface area contributed by atoms with Crippen molar-refractivity contribution in [1.29, 1.82) is 0 Å². The van der Waals surface area contributed by atoms with Crippen LogP contribution in [0.25, 0.3) is 0 Å². The lowest BCUT2D eigenvalue weighted by Gasteiger charge is -2.34. The number of hydrogen-bond acceptors (Lipinski definition) is 4. The normalized spacial score (nSPS) is 16.7. The van der Waals surface area contributed by atoms with Gasteiger partial charge in [-0.3, -0.25) is 14.6 Å². The number of nitrogens with two attached hydrogens (primary N) is 1. The summed E-state index contributed by atoms with van der Waals surface area (Å²) in [5, 5.41) is 3.26. The third-order valence-electron chi connectivity index (χ3n) is 4.86. The number of nitrogens with zero attached hydrogens (tertiary/aromatic N) is 4. The van der Waals surface area contributed by atoms with Gasteiger partial charge in [0.25, 0.3) is 0 Å². The minimum atomic E-state index is -0.265. The molecule has 29 heavy (non-hydrogen) atoms. The molecule has 1 aliphatic rings. The highest BCUT2D eigenvalue weighted by molar-refractivity contribution is 14.0. The molecule has 0 radical (unpaired) electrons. The highest BCUT2D eigenvalue weighted by Gasteiger charge is 2.23. The van der Waals surface area contributed by atoms with Crippen molar-refractivity contribution in [2.45, 2.75) is 32.6 Å². The third-order valence-corrected chi connectivity index (χ3v) is 4.86. The summed E-state index contributed by atoms with van der Waals surface area (Å²) in [6.45, 7) is 5.02. The van der Waals surface area contributed by atoms with Gasteiger partial charge in [0.05, 0.1) is 0 Å². The fourth-order valence-electron chi connectivity index (χ4n) is 3.35. The maximum Gasteiger partial charge on any atom is 0.244 e. The average molecular weight is 516 g/mol. The van der Waals surface area contributed by atoms with Crippen molar-refractivity contribution in [2.24, 2.45) is 16.6 Å². The molecule has 1 saturated heterocycles. The zero-order chi connectivity index (χ0) is 20.4. The standard InChI is InChI=1S/C20H32N6O2.HI/c1-3-22-20(26-11-6-7-16(15-26)13-18(21)27)24-14-19(28)25(2)12-9-17-8-4-5-10-23-17;/h4-5,8,10,16H,3,6-7,9,11-15H2,1-2H3,(H2,21,27)(H,22,24);1H. The van der Waals surface area contributed by atoms with Gasteiger partial charge in [-0.05, 0) is 37.8 Å². The summed E-state index contributed by atoms with van der Waals surface area (Å²) in [6.07, 6.45) is 4.85. The number of guanidine groups is 1. The second-order valence-electron chi connectivity index (χ2n) is 7.18. The molecule has 1 aromatic rings. The van der Waals surface area contributed by atoms with Crippen LogP contribution in [-0.4, -0.2) is 72.3 Å². The molecule has 1 aromatic heterocycles. The Labute approximate surface area is 190 Å². The first-order valence-corrected chi connectivity index (χ1v) is 9.95. The van der Waals surface area contributed by atoms with E-state index in [1.807, 2.05) is 25.1 Å². The van der Waals surface area contributed by atoms with Gasteiger partial charge in [-0.2, -0.15) is 0 Å². The highest BCUT2D eigenvalue weighted by Crippen LogP contribution is 2.19. The first-order valence-electron chi connectivity index (χ1n) is 9.95. The van der Waals surface area contributed by atoms with Crippen LogP contribution in [0, 0.1) is 5.92 Å². The van der Waals surface area contributed by atoms with Gasteiger partial charge in [0.2, 0.25) is 11.8 Å². The Morgan fingerprint density at radius 2 is 2.21 bits per heavy atom. The number of aromatic nitrogens is 1. The Hall–Kier alpha value is -1.91. The molecule has 0 saturated carbocycles. The van der Waals surface area contributed by atoms with Crippen molar-refractivity contribution < 1.29 is 9.59 Å². The first-order chi connectivity index (χ1) is 13.5. The fourth-order valence-corrected chi connectivity index (χ4v) is 3.35. The van der Waals surface area contributed by atoms with Gasteiger partial charge in [-0.15, -0.1) is 24.0 Å². The van der Waals surface area contributed by atoms with Crippen molar-refractivity contribution >= 4 is 41.8 Å². The number of aliphatic imine (C=N–C) groups is 1. The van der Waals surface area contributed by atoms with Crippen molar-refractivity contribution in [3.05, 3.63) is 30.1 Å². The van der Waals surface area contributed by atoms with E-state index >= 15 is 0 Å². The Balaban J connectivity index is 0.00000420. The molecule has 9 heteroatoms. The number of carbonyl (C=O) groups is 2. The maximum atomic E-state index is 12.5. The molecule has 2 heterocycles. The van der Waals surface area contributed by atoms with Crippen molar-refractivity contribution in [3.8, 4) is 0 Å². The molecule has 1 aliphatic heterocycles. The Kier molecular flexibility index (Phi) is 11.6. The van der Waals surface area contributed by atoms with Crippen LogP contribution in [0.2, 0.25) is 0 Å². The lowest BCUT2D eigenvalue weighted by Crippen LogP contribution is -2.47. The molecule has 0 aromatic carbocycles. The molecule has 162 valence electrons. The molecule has 1 unspecified atom stereocenters. The largest absolute Gasteiger partial charge is 0.370 e. The minimum Gasteiger partial charge on any atom is -0.370 e. The number of carbonyl (C=O) groups excluding carboxylic acids is 2. The molecule has 0 aliphatic carbocycles. The lowest BCUT2D eigenvalue weighted by molar-refractivity contribution is -0.128. The number of likely N-dealkylation sites (N-methyl/N-ethyl adjacent to an activating group) is 1. The molecule has 1 fully saturated rings. The van der Waals surface area contributed by atoms with Gasteiger partial charge in [0, 0.05) is 58.0 Å². The molecular weight excluding hydrogens is 483 g/mol. The molecule has 0 bridgehead atoms. The summed E-state index contributed by atoms with van der Waals surface area (Å²) in [6, 6.07) is 5.78. The second kappa shape index (κ2) is 13.3. The summed E-state index contributed by atoms with van der Waals surface area (Å²) in [7, 11) is 1.79. The van der Waals surface area contributed by atoms with Crippen molar-refractivity contribution in [2.75, 3.05) is 39.8 Å².